The van der Waals surface area contributed by atoms with E-state index in [-0.39, 0.29) is 10.7 Å². The lowest BCUT2D eigenvalue weighted by atomic mass is 9.94. The third-order valence-electron chi connectivity index (χ3n) is 3.72. The summed E-state index contributed by atoms with van der Waals surface area (Å²) < 4.78 is 5.08. The van der Waals surface area contributed by atoms with E-state index in [1.165, 1.54) is 0 Å². The average molecular weight is 290 g/mol. The Labute approximate surface area is 119 Å². The molecule has 0 radical (unpaired) electrons. The lowest BCUT2D eigenvalue weighted by molar-refractivity contribution is -0.152. The maximum Gasteiger partial charge on any atom is 0.254 e. The minimum atomic E-state index is -0.761. The number of amides is 1. The summed E-state index contributed by atoms with van der Waals surface area (Å²) in [4.78, 5) is 14.6. The van der Waals surface area contributed by atoms with E-state index in [0.29, 0.717) is 18.1 Å². The Bertz CT molecular complexity index is 337. The molecule has 1 aliphatic rings. The molecule has 1 fully saturated rings. The first-order valence-corrected chi connectivity index (χ1v) is 7.62. The van der Waals surface area contributed by atoms with Gasteiger partial charge in [0.25, 0.3) is 5.91 Å². The zero-order valence-electron chi connectivity index (χ0n) is 11.5. The first-order chi connectivity index (χ1) is 8.29. The van der Waals surface area contributed by atoms with E-state index in [2.05, 4.69) is 0 Å². The smallest absolute Gasteiger partial charge is 0.254 e. The first-order valence-electron chi connectivity index (χ1n) is 5.98. The third kappa shape index (κ3) is 2.97. The molecule has 6 heteroatoms. The predicted molar refractivity (Wildman–Crippen MR) is 79.9 cm³/mol. The quantitative estimate of drug-likeness (QED) is 0.794. The van der Waals surface area contributed by atoms with Gasteiger partial charge in [0.15, 0.2) is 0 Å². The van der Waals surface area contributed by atoms with Crippen LogP contribution in [0.3, 0.4) is 0 Å². The molecule has 0 aliphatic carbocycles. The largest absolute Gasteiger partial charge is 0.392 e. The monoisotopic (exact) mass is 290 g/mol. The lowest BCUT2D eigenvalue weighted by Gasteiger charge is -2.42. The Balaban J connectivity index is 2.70. The second-order valence-corrected chi connectivity index (χ2v) is 6.70. The summed E-state index contributed by atoms with van der Waals surface area (Å²) in [6, 6.07) is 0. The molecular weight excluding hydrogens is 268 g/mol. The van der Waals surface area contributed by atoms with Gasteiger partial charge in [-0.15, -0.1) is 0 Å². The van der Waals surface area contributed by atoms with E-state index in [1.807, 2.05) is 11.2 Å². The number of nitrogens with two attached hydrogens (primary N) is 1. The number of piperidine rings is 1. The molecule has 0 bridgehead atoms. The Hall–Kier alpha value is -0.330. The summed E-state index contributed by atoms with van der Waals surface area (Å²) in [5.74, 6) is 0.0302. The molecule has 18 heavy (non-hydrogen) atoms. The van der Waals surface area contributed by atoms with Crippen LogP contribution in [-0.2, 0) is 9.53 Å². The van der Waals surface area contributed by atoms with Gasteiger partial charge < -0.3 is 15.4 Å². The Morgan fingerprint density at radius 3 is 2.28 bits per heavy atom. The molecule has 1 heterocycles. The zero-order chi connectivity index (χ0) is 14.0. The number of thiocarbonyl (C=S) groups is 1. The molecule has 2 N–H and O–H groups in total. The highest BCUT2D eigenvalue weighted by atomic mass is 32.2. The molecule has 1 amide bonds. The van der Waals surface area contributed by atoms with Gasteiger partial charge in [0.1, 0.15) is 5.60 Å². The van der Waals surface area contributed by atoms with Crippen LogP contribution in [0, 0.1) is 0 Å². The molecule has 0 aromatic carbocycles. The molecule has 0 unspecified atom stereocenters. The van der Waals surface area contributed by atoms with Crippen molar-refractivity contribution in [3.05, 3.63) is 0 Å². The van der Waals surface area contributed by atoms with E-state index in [0.717, 1.165) is 12.8 Å². The van der Waals surface area contributed by atoms with Crippen molar-refractivity contribution >= 4 is 34.9 Å². The second-order valence-electron chi connectivity index (χ2n) is 5.07. The zero-order valence-corrected chi connectivity index (χ0v) is 13.1. The fourth-order valence-electron chi connectivity index (χ4n) is 2.09. The standard InChI is InChI=1S/C12H22N2O2S2/c1-11(2,16-3)10(15)14-7-5-12(18-4,6-8-14)9(13)17/h5-8H2,1-4H3,(H2,13,17). The van der Waals surface area contributed by atoms with Crippen molar-refractivity contribution < 1.29 is 9.53 Å². The highest BCUT2D eigenvalue weighted by molar-refractivity contribution is 8.02. The molecule has 0 spiro atoms. The highest BCUT2D eigenvalue weighted by Crippen LogP contribution is 2.35. The Kier molecular flexibility index (Phi) is 5.03. The molecular formula is C12H22N2O2S2. The van der Waals surface area contributed by atoms with Crippen molar-refractivity contribution in [2.24, 2.45) is 5.73 Å². The van der Waals surface area contributed by atoms with Crippen LogP contribution in [0.15, 0.2) is 0 Å². The fraction of sp³-hybridized carbons (Fsp3) is 0.833. The van der Waals surface area contributed by atoms with Gasteiger partial charge in [-0.3, -0.25) is 4.79 Å². The van der Waals surface area contributed by atoms with Crippen LogP contribution in [-0.4, -0.2) is 52.6 Å². The number of carbonyl (C=O) groups is 1. The van der Waals surface area contributed by atoms with Crippen LogP contribution in [0.2, 0.25) is 0 Å². The number of carbonyl (C=O) groups excluding carboxylic acids is 1. The van der Waals surface area contributed by atoms with Crippen molar-refractivity contribution in [2.75, 3.05) is 26.5 Å². The lowest BCUT2D eigenvalue weighted by Crippen LogP contribution is -2.54. The number of likely N-dealkylation sites (tertiary alicyclic amines) is 1. The van der Waals surface area contributed by atoms with E-state index in [4.69, 9.17) is 22.7 Å². The van der Waals surface area contributed by atoms with Gasteiger partial charge in [-0.2, -0.15) is 11.8 Å². The summed E-state index contributed by atoms with van der Waals surface area (Å²) in [6.07, 6.45) is 3.65. The average Bonchev–Trinajstić information content (AvgIpc) is 2.37. The highest BCUT2D eigenvalue weighted by Gasteiger charge is 2.40. The van der Waals surface area contributed by atoms with Gasteiger partial charge >= 0.3 is 0 Å². The molecule has 104 valence electrons. The van der Waals surface area contributed by atoms with Crippen LogP contribution in [0.1, 0.15) is 26.7 Å². The molecule has 0 aromatic heterocycles. The number of thioether (sulfide) groups is 1. The predicted octanol–water partition coefficient (Wildman–Crippen LogP) is 1.42. The van der Waals surface area contributed by atoms with Gasteiger partial charge in [0.2, 0.25) is 0 Å². The maximum absolute atomic E-state index is 12.3. The van der Waals surface area contributed by atoms with Gasteiger partial charge in [0, 0.05) is 20.2 Å². The number of nitrogens with zero attached hydrogens (tertiary/aromatic N) is 1. The van der Waals surface area contributed by atoms with Crippen molar-refractivity contribution in [1.29, 1.82) is 0 Å². The summed E-state index contributed by atoms with van der Waals surface area (Å²) >= 11 is 6.85. The van der Waals surface area contributed by atoms with Gasteiger partial charge in [-0.05, 0) is 32.9 Å². The molecule has 0 saturated carbocycles. The van der Waals surface area contributed by atoms with Crippen molar-refractivity contribution in [1.82, 2.24) is 4.90 Å². The molecule has 0 aromatic rings. The Morgan fingerprint density at radius 2 is 1.94 bits per heavy atom. The van der Waals surface area contributed by atoms with Gasteiger partial charge in [-0.25, -0.2) is 0 Å². The molecule has 1 aliphatic heterocycles. The first kappa shape index (κ1) is 15.7. The molecule has 0 atom stereocenters. The van der Waals surface area contributed by atoms with Crippen molar-refractivity contribution in [3.63, 3.8) is 0 Å². The summed E-state index contributed by atoms with van der Waals surface area (Å²) in [5.41, 5.74) is 5.07. The van der Waals surface area contributed by atoms with E-state index < -0.39 is 5.60 Å². The number of methoxy groups -OCH3 is 1. The summed E-state index contributed by atoms with van der Waals surface area (Å²) in [5, 5.41) is 0. The SMILES string of the molecule is COC(C)(C)C(=O)N1CCC(SC)(C(N)=S)CC1. The fourth-order valence-corrected chi connectivity index (χ4v) is 3.34. The van der Waals surface area contributed by atoms with Crippen molar-refractivity contribution in [3.8, 4) is 0 Å². The number of rotatable bonds is 4. The van der Waals surface area contributed by atoms with E-state index in [1.54, 1.807) is 32.7 Å². The van der Waals surface area contributed by atoms with E-state index >= 15 is 0 Å². The minimum absolute atomic E-state index is 0.0302. The minimum Gasteiger partial charge on any atom is -0.392 e. The summed E-state index contributed by atoms with van der Waals surface area (Å²) in [6.45, 7) is 4.95. The number of hydrogen-bond donors (Lipinski definition) is 1. The van der Waals surface area contributed by atoms with Crippen LogP contribution in [0.4, 0.5) is 0 Å². The molecule has 1 rings (SSSR count). The van der Waals surface area contributed by atoms with Crippen LogP contribution in [0.25, 0.3) is 0 Å². The van der Waals surface area contributed by atoms with Crippen LogP contribution in [0.5, 0.6) is 0 Å². The van der Waals surface area contributed by atoms with Crippen molar-refractivity contribution in [2.45, 2.75) is 37.0 Å². The van der Waals surface area contributed by atoms with Gasteiger partial charge in [-0.1, -0.05) is 12.2 Å². The number of hydrogen-bond acceptors (Lipinski definition) is 4. The third-order valence-corrected chi connectivity index (χ3v) is 5.65. The molecule has 4 nitrogen and oxygen atoms in total. The maximum atomic E-state index is 12.3. The summed E-state index contributed by atoms with van der Waals surface area (Å²) in [7, 11) is 1.56. The molecule has 1 saturated heterocycles. The number of ether oxygens (including phenoxy) is 1. The van der Waals surface area contributed by atoms with Gasteiger partial charge in [0.05, 0.1) is 9.74 Å². The second kappa shape index (κ2) is 5.75. The van der Waals surface area contributed by atoms with Crippen LogP contribution < -0.4 is 5.73 Å². The Morgan fingerprint density at radius 1 is 1.44 bits per heavy atom. The topological polar surface area (TPSA) is 55.6 Å². The van der Waals surface area contributed by atoms with Crippen LogP contribution >= 0.6 is 24.0 Å². The van der Waals surface area contributed by atoms with E-state index in [9.17, 15) is 4.79 Å². The normalized spacial score (nSPS) is 19.7.